The van der Waals surface area contributed by atoms with Gasteiger partial charge in [-0.2, -0.15) is 0 Å². The van der Waals surface area contributed by atoms with Gasteiger partial charge >= 0.3 is 5.97 Å². The van der Waals surface area contributed by atoms with Crippen molar-refractivity contribution in [2.75, 3.05) is 19.7 Å². The molecule has 2 aliphatic heterocycles. The molecule has 2 atom stereocenters. The Balaban J connectivity index is 1.98. The van der Waals surface area contributed by atoms with Crippen molar-refractivity contribution in [1.82, 2.24) is 10.2 Å². The second-order valence-electron chi connectivity index (χ2n) is 4.59. The normalized spacial score (nSPS) is 28.4. The van der Waals surface area contributed by atoms with Crippen LogP contribution < -0.4 is 5.32 Å². The van der Waals surface area contributed by atoms with E-state index in [9.17, 15) is 9.59 Å². The first-order valence-corrected chi connectivity index (χ1v) is 6.44. The number of nitrogens with zero attached hydrogens (tertiary/aromatic N) is 1. The monoisotopic (exact) mass is 240 g/mol. The number of amides is 1. The van der Waals surface area contributed by atoms with Crippen LogP contribution in [0, 0.1) is 0 Å². The van der Waals surface area contributed by atoms with E-state index < -0.39 is 0 Å². The van der Waals surface area contributed by atoms with Crippen LogP contribution in [-0.2, 0) is 14.3 Å². The van der Waals surface area contributed by atoms with Gasteiger partial charge in [-0.25, -0.2) is 4.79 Å². The Bertz CT molecular complexity index is 300. The number of nitrogens with one attached hydrogen (secondary N) is 1. The van der Waals surface area contributed by atoms with Crippen molar-refractivity contribution >= 4 is 11.9 Å². The summed E-state index contributed by atoms with van der Waals surface area (Å²) in [4.78, 5) is 25.7. The molecule has 0 aliphatic carbocycles. The third-order valence-electron chi connectivity index (χ3n) is 3.45. The smallest absolute Gasteiger partial charge is 0.328 e. The van der Waals surface area contributed by atoms with Crippen LogP contribution in [0.25, 0.3) is 0 Å². The van der Waals surface area contributed by atoms with Crippen molar-refractivity contribution in [2.45, 2.75) is 44.7 Å². The van der Waals surface area contributed by atoms with E-state index in [1.165, 1.54) is 0 Å². The molecule has 0 aromatic carbocycles. The Kier molecular flexibility index (Phi) is 3.99. The number of rotatable bonds is 3. The van der Waals surface area contributed by atoms with Gasteiger partial charge in [0.1, 0.15) is 6.04 Å². The Morgan fingerprint density at radius 3 is 2.82 bits per heavy atom. The van der Waals surface area contributed by atoms with Gasteiger partial charge in [0.2, 0.25) is 5.91 Å². The average Bonchev–Trinajstić information content (AvgIpc) is 3.00. The lowest BCUT2D eigenvalue weighted by atomic mass is 10.1. The molecule has 0 unspecified atom stereocenters. The Hall–Kier alpha value is -1.10. The molecule has 0 spiro atoms. The van der Waals surface area contributed by atoms with E-state index in [0.29, 0.717) is 13.2 Å². The van der Waals surface area contributed by atoms with Crippen LogP contribution in [-0.4, -0.2) is 48.6 Å². The van der Waals surface area contributed by atoms with Crippen molar-refractivity contribution in [2.24, 2.45) is 0 Å². The van der Waals surface area contributed by atoms with Crippen LogP contribution in [0.3, 0.4) is 0 Å². The van der Waals surface area contributed by atoms with Crippen molar-refractivity contribution in [3.63, 3.8) is 0 Å². The molecule has 2 fully saturated rings. The molecule has 2 saturated heterocycles. The van der Waals surface area contributed by atoms with Gasteiger partial charge in [0.25, 0.3) is 0 Å². The number of esters is 1. The van der Waals surface area contributed by atoms with E-state index in [4.69, 9.17) is 4.74 Å². The zero-order valence-corrected chi connectivity index (χ0v) is 10.3. The minimum Gasteiger partial charge on any atom is -0.464 e. The molecule has 96 valence electrons. The molecule has 0 bridgehead atoms. The number of carbonyl (C=O) groups excluding carboxylic acids is 2. The lowest BCUT2D eigenvalue weighted by molar-refractivity contribution is -0.153. The minimum absolute atomic E-state index is 0.0676. The second kappa shape index (κ2) is 5.49. The molecule has 0 saturated carbocycles. The van der Waals surface area contributed by atoms with Gasteiger partial charge in [-0.3, -0.25) is 4.79 Å². The van der Waals surface area contributed by atoms with E-state index >= 15 is 0 Å². The highest BCUT2D eigenvalue weighted by molar-refractivity contribution is 5.88. The number of ether oxygens (including phenoxy) is 1. The number of hydrogen-bond donors (Lipinski definition) is 1. The third-order valence-corrected chi connectivity index (χ3v) is 3.45. The third kappa shape index (κ3) is 2.60. The van der Waals surface area contributed by atoms with Crippen LogP contribution in [0.4, 0.5) is 0 Å². The average molecular weight is 240 g/mol. The first-order valence-electron chi connectivity index (χ1n) is 6.44. The summed E-state index contributed by atoms with van der Waals surface area (Å²) in [6, 6.07) is -0.449. The Morgan fingerprint density at radius 1 is 1.35 bits per heavy atom. The predicted octanol–water partition coefficient (Wildman–Crippen LogP) is 0.293. The summed E-state index contributed by atoms with van der Waals surface area (Å²) in [6.07, 6.45) is 3.54. The highest BCUT2D eigenvalue weighted by Crippen LogP contribution is 2.21. The maximum absolute atomic E-state index is 12.2. The molecule has 17 heavy (non-hydrogen) atoms. The van der Waals surface area contributed by atoms with E-state index in [0.717, 1.165) is 32.2 Å². The Morgan fingerprint density at radius 2 is 2.18 bits per heavy atom. The van der Waals surface area contributed by atoms with E-state index in [1.54, 1.807) is 11.8 Å². The molecule has 1 N–H and O–H groups in total. The topological polar surface area (TPSA) is 58.6 Å². The SMILES string of the molecule is CCOC(=O)[C@@H]1CCCN1C(=O)[C@H]1CCCN1. The summed E-state index contributed by atoms with van der Waals surface area (Å²) in [5, 5.41) is 3.18. The van der Waals surface area contributed by atoms with Gasteiger partial charge in [0.15, 0.2) is 0 Å². The largest absolute Gasteiger partial charge is 0.464 e. The van der Waals surface area contributed by atoms with Crippen molar-refractivity contribution in [1.29, 1.82) is 0 Å². The molecule has 2 aliphatic rings. The lowest BCUT2D eigenvalue weighted by Crippen LogP contribution is -2.48. The molecule has 1 amide bonds. The maximum atomic E-state index is 12.2. The van der Waals surface area contributed by atoms with Crippen molar-refractivity contribution < 1.29 is 14.3 Å². The summed E-state index contributed by atoms with van der Waals surface area (Å²) >= 11 is 0. The van der Waals surface area contributed by atoms with Gasteiger partial charge in [-0.15, -0.1) is 0 Å². The first kappa shape index (κ1) is 12.4. The number of carbonyl (C=O) groups is 2. The Labute approximate surface area is 101 Å². The van der Waals surface area contributed by atoms with Crippen molar-refractivity contribution in [3.05, 3.63) is 0 Å². The van der Waals surface area contributed by atoms with Gasteiger partial charge in [-0.1, -0.05) is 0 Å². The summed E-state index contributed by atoms with van der Waals surface area (Å²) in [6.45, 7) is 3.74. The maximum Gasteiger partial charge on any atom is 0.328 e. The first-order chi connectivity index (χ1) is 8.24. The van der Waals surface area contributed by atoms with Crippen LogP contribution in [0.2, 0.25) is 0 Å². The van der Waals surface area contributed by atoms with E-state index in [2.05, 4.69) is 5.32 Å². The molecule has 5 heteroatoms. The second-order valence-corrected chi connectivity index (χ2v) is 4.59. The quantitative estimate of drug-likeness (QED) is 0.720. The fourth-order valence-electron chi connectivity index (χ4n) is 2.61. The zero-order valence-electron chi connectivity index (χ0n) is 10.3. The van der Waals surface area contributed by atoms with Crippen molar-refractivity contribution in [3.8, 4) is 0 Å². The number of hydrogen-bond acceptors (Lipinski definition) is 4. The highest BCUT2D eigenvalue weighted by Gasteiger charge is 2.38. The highest BCUT2D eigenvalue weighted by atomic mass is 16.5. The van der Waals surface area contributed by atoms with Gasteiger partial charge in [0, 0.05) is 6.54 Å². The molecule has 0 aromatic heterocycles. The van der Waals surface area contributed by atoms with Crippen LogP contribution in [0.15, 0.2) is 0 Å². The lowest BCUT2D eigenvalue weighted by Gasteiger charge is -2.25. The minimum atomic E-state index is -0.357. The summed E-state index contributed by atoms with van der Waals surface area (Å²) in [5.41, 5.74) is 0. The molecular weight excluding hydrogens is 220 g/mol. The summed E-state index contributed by atoms with van der Waals surface area (Å²) < 4.78 is 5.02. The fraction of sp³-hybridized carbons (Fsp3) is 0.833. The number of likely N-dealkylation sites (tertiary alicyclic amines) is 1. The molecule has 0 aromatic rings. The molecule has 2 rings (SSSR count). The van der Waals surface area contributed by atoms with Gasteiger partial charge in [0.05, 0.1) is 12.6 Å². The van der Waals surface area contributed by atoms with Crippen LogP contribution in [0.5, 0.6) is 0 Å². The van der Waals surface area contributed by atoms with Crippen LogP contribution >= 0.6 is 0 Å². The zero-order chi connectivity index (χ0) is 12.3. The van der Waals surface area contributed by atoms with E-state index in [-0.39, 0.29) is 24.0 Å². The summed E-state index contributed by atoms with van der Waals surface area (Å²) in [7, 11) is 0. The summed E-state index contributed by atoms with van der Waals surface area (Å²) in [5.74, 6) is -0.186. The molecule has 5 nitrogen and oxygen atoms in total. The fourth-order valence-corrected chi connectivity index (χ4v) is 2.61. The molecular formula is C12H20N2O3. The van der Waals surface area contributed by atoms with Gasteiger partial charge < -0.3 is 15.0 Å². The molecule has 0 radical (unpaired) electrons. The predicted molar refractivity (Wildman–Crippen MR) is 62.4 cm³/mol. The standard InChI is InChI=1S/C12H20N2O3/c1-2-17-12(16)10-6-4-8-14(10)11(15)9-5-3-7-13-9/h9-10,13H,2-8H2,1H3/t9-,10+/m1/s1. The molecule has 2 heterocycles. The van der Waals surface area contributed by atoms with E-state index in [1.807, 2.05) is 0 Å². The van der Waals surface area contributed by atoms with Gasteiger partial charge in [-0.05, 0) is 39.2 Å². The van der Waals surface area contributed by atoms with Crippen LogP contribution in [0.1, 0.15) is 32.6 Å².